The van der Waals surface area contributed by atoms with Crippen LogP contribution < -0.4 is 20.6 Å². The van der Waals surface area contributed by atoms with Gasteiger partial charge in [0.2, 0.25) is 0 Å². The highest BCUT2D eigenvalue weighted by atomic mass is 16.3. The number of nitrogens with zero attached hydrogens (tertiary/aromatic N) is 2. The minimum atomic E-state index is -0.557. The van der Waals surface area contributed by atoms with Gasteiger partial charge < -0.3 is 14.1 Å². The van der Waals surface area contributed by atoms with Crippen LogP contribution in [-0.2, 0) is 16.2 Å². The summed E-state index contributed by atoms with van der Waals surface area (Å²) in [5, 5.41) is 2.25. The largest absolute Gasteiger partial charge is 0.455 e. The fraction of sp³-hybridized carbons (Fsp3) is 0.118. The lowest BCUT2D eigenvalue weighted by atomic mass is 9.41. The van der Waals surface area contributed by atoms with E-state index in [-0.39, 0.29) is 17.7 Å². The molecule has 0 radical (unpaired) electrons. The Hall–Kier alpha value is -8.34. The lowest BCUT2D eigenvalue weighted by Crippen LogP contribution is -2.63. The molecule has 1 spiro atoms. The molecular formula is C68H49BN2O. The van der Waals surface area contributed by atoms with E-state index in [1.54, 1.807) is 0 Å². The molecule has 10 aromatic carbocycles. The van der Waals surface area contributed by atoms with Crippen LogP contribution in [-0.4, -0.2) is 6.85 Å². The van der Waals surface area contributed by atoms with Gasteiger partial charge in [-0.2, -0.15) is 0 Å². The first-order chi connectivity index (χ1) is 35.2. The van der Waals surface area contributed by atoms with Gasteiger partial charge in [0.1, 0.15) is 11.2 Å². The zero-order chi connectivity index (χ0) is 48.0. The van der Waals surface area contributed by atoms with Gasteiger partial charge in [-0.15, -0.1) is 0 Å². The Morgan fingerprint density at radius 3 is 1.83 bits per heavy atom. The fourth-order valence-electron chi connectivity index (χ4n) is 14.4. The normalized spacial score (nSPS) is 15.4. The number of hydrogen-bond acceptors (Lipinski definition) is 3. The average Bonchev–Trinajstić information content (AvgIpc) is 4.03. The van der Waals surface area contributed by atoms with E-state index in [0.717, 1.165) is 21.9 Å². The van der Waals surface area contributed by atoms with E-state index in [9.17, 15) is 0 Å². The zero-order valence-electron chi connectivity index (χ0n) is 41.0. The quantitative estimate of drug-likeness (QED) is 0.161. The SMILES string of the molecule is CC(C)(C)c1ccc(N2c3cc4c(oc5ccccc54)c4c3B(c3ccc5c(c32)C(C)(C)c2ccccc2-5)N2c3ccccc3C3(c5ccccc5-c5ccccc53)c3cccc-4c32)c(-c2ccccc2)c1. The van der Waals surface area contributed by atoms with Crippen molar-refractivity contribution in [2.45, 2.75) is 50.9 Å². The van der Waals surface area contributed by atoms with Gasteiger partial charge in [0.25, 0.3) is 0 Å². The Kier molecular flexibility index (Phi) is 7.71. The van der Waals surface area contributed by atoms with Crippen molar-refractivity contribution in [1.82, 2.24) is 0 Å². The lowest BCUT2D eigenvalue weighted by Gasteiger charge is -2.52. The van der Waals surface area contributed by atoms with Gasteiger partial charge in [0.05, 0.1) is 11.1 Å². The first-order valence-electron chi connectivity index (χ1n) is 25.6. The van der Waals surface area contributed by atoms with E-state index < -0.39 is 5.41 Å². The molecule has 3 nitrogen and oxygen atoms in total. The Morgan fingerprint density at radius 1 is 0.458 bits per heavy atom. The number of furan rings is 1. The predicted molar refractivity (Wildman–Crippen MR) is 300 cm³/mol. The molecule has 5 aliphatic rings. The third-order valence-corrected chi connectivity index (χ3v) is 17.4. The van der Waals surface area contributed by atoms with Crippen LogP contribution in [0.1, 0.15) is 73.6 Å². The molecule has 3 aliphatic heterocycles. The number of rotatable bonds is 2. The Labute approximate surface area is 420 Å². The van der Waals surface area contributed by atoms with Crippen LogP contribution in [0.5, 0.6) is 0 Å². The second-order valence-corrected chi connectivity index (χ2v) is 22.3. The van der Waals surface area contributed by atoms with Gasteiger partial charge in [0, 0.05) is 55.6 Å². The molecule has 11 aromatic rings. The van der Waals surface area contributed by atoms with Crippen molar-refractivity contribution in [3.8, 4) is 44.5 Å². The molecule has 0 atom stereocenters. The van der Waals surface area contributed by atoms with Gasteiger partial charge in [0.15, 0.2) is 0 Å². The minimum absolute atomic E-state index is 0.0631. The zero-order valence-corrected chi connectivity index (χ0v) is 41.0. The van der Waals surface area contributed by atoms with Crippen molar-refractivity contribution in [2.75, 3.05) is 9.71 Å². The van der Waals surface area contributed by atoms with E-state index in [0.29, 0.717) is 0 Å². The summed E-state index contributed by atoms with van der Waals surface area (Å²) in [6, 6.07) is 78.4. The molecule has 2 aliphatic carbocycles. The van der Waals surface area contributed by atoms with Crippen molar-refractivity contribution in [2.24, 2.45) is 0 Å². The molecular weight excluding hydrogens is 872 g/mol. The van der Waals surface area contributed by atoms with Gasteiger partial charge in [-0.25, -0.2) is 0 Å². The van der Waals surface area contributed by atoms with E-state index in [4.69, 9.17) is 4.42 Å². The molecule has 4 heterocycles. The maximum Gasteiger partial charge on any atom is 0.333 e. The van der Waals surface area contributed by atoms with Gasteiger partial charge in [-0.05, 0) is 113 Å². The van der Waals surface area contributed by atoms with Gasteiger partial charge >= 0.3 is 6.85 Å². The number of para-hydroxylation sites is 3. The van der Waals surface area contributed by atoms with Crippen LogP contribution >= 0.6 is 0 Å². The molecule has 16 rings (SSSR count). The topological polar surface area (TPSA) is 19.6 Å². The first-order valence-corrected chi connectivity index (χ1v) is 25.6. The van der Waals surface area contributed by atoms with Crippen LogP contribution in [0, 0.1) is 0 Å². The fourth-order valence-corrected chi connectivity index (χ4v) is 14.4. The molecule has 0 amide bonds. The first kappa shape index (κ1) is 40.4. The van der Waals surface area contributed by atoms with Crippen LogP contribution in [0.25, 0.3) is 66.4 Å². The van der Waals surface area contributed by atoms with Crippen molar-refractivity contribution in [3.05, 3.63) is 245 Å². The molecule has 0 bridgehead atoms. The van der Waals surface area contributed by atoms with Crippen LogP contribution in [0.3, 0.4) is 0 Å². The summed E-state index contributed by atoms with van der Waals surface area (Å²) in [4.78, 5) is 5.45. The summed E-state index contributed by atoms with van der Waals surface area (Å²) in [5.41, 5.74) is 28.9. The molecule has 340 valence electrons. The Morgan fingerprint density at radius 2 is 1.08 bits per heavy atom. The van der Waals surface area contributed by atoms with Crippen LogP contribution in [0.4, 0.5) is 28.4 Å². The van der Waals surface area contributed by atoms with Crippen LogP contribution in [0.2, 0.25) is 0 Å². The van der Waals surface area contributed by atoms with E-state index in [1.807, 2.05) is 0 Å². The molecule has 0 saturated heterocycles. The number of hydrogen-bond donors (Lipinski definition) is 0. The molecule has 4 heteroatoms. The van der Waals surface area contributed by atoms with Gasteiger partial charge in [-0.3, -0.25) is 0 Å². The second-order valence-electron chi connectivity index (χ2n) is 22.3. The summed E-state index contributed by atoms with van der Waals surface area (Å²) in [6.07, 6.45) is 0. The molecule has 0 saturated carbocycles. The highest BCUT2D eigenvalue weighted by molar-refractivity contribution is 6.94. The highest BCUT2D eigenvalue weighted by Crippen LogP contribution is 2.66. The summed E-state index contributed by atoms with van der Waals surface area (Å²) in [7, 11) is 0. The molecule has 72 heavy (non-hydrogen) atoms. The molecule has 0 unspecified atom stereocenters. The maximum absolute atomic E-state index is 7.29. The van der Waals surface area contributed by atoms with Crippen molar-refractivity contribution >= 4 is 68.1 Å². The van der Waals surface area contributed by atoms with E-state index >= 15 is 0 Å². The van der Waals surface area contributed by atoms with E-state index in [1.165, 1.54) is 123 Å². The van der Waals surface area contributed by atoms with Crippen molar-refractivity contribution in [1.29, 1.82) is 0 Å². The minimum Gasteiger partial charge on any atom is -0.455 e. The summed E-state index contributed by atoms with van der Waals surface area (Å²) < 4.78 is 7.29. The standard InChI is InChI=1S/C68H49BN2O/c1-66(2,3)41-34-37-56(48(38-41)40-20-7-6-8-21-40)70-58-39-49-45-25-12-18-33-59(45)72-65(49)60-47-26-19-31-54-63(47)71(69(62(58)60)55-36-35-46-44-24-9-13-27-50(44)67(4,5)61(46)64(55)70)57-32-17-16-30-53(57)68(54)51-28-14-10-22-42(51)43-23-11-15-29-52(43)68/h6-39H,1-5H3. The summed E-state index contributed by atoms with van der Waals surface area (Å²) in [6.45, 7) is 11.7. The Balaban J connectivity index is 1.11. The monoisotopic (exact) mass is 920 g/mol. The third kappa shape index (κ3) is 4.83. The molecule has 0 N–H and O–H groups in total. The highest BCUT2D eigenvalue weighted by Gasteiger charge is 2.57. The average molecular weight is 921 g/mol. The smallest absolute Gasteiger partial charge is 0.333 e. The predicted octanol–water partition coefficient (Wildman–Crippen LogP) is 16.2. The van der Waals surface area contributed by atoms with Crippen LogP contribution in [0.15, 0.2) is 211 Å². The molecule has 1 aromatic heterocycles. The lowest BCUT2D eigenvalue weighted by molar-refractivity contribution is 0.590. The second kappa shape index (κ2) is 13.7. The number of anilines is 5. The van der Waals surface area contributed by atoms with Crippen molar-refractivity contribution < 1.29 is 4.42 Å². The maximum atomic E-state index is 7.29. The Bertz CT molecular complexity index is 4160. The summed E-state index contributed by atoms with van der Waals surface area (Å²) in [5.74, 6) is 0. The van der Waals surface area contributed by atoms with Gasteiger partial charge in [-0.1, -0.05) is 211 Å². The third-order valence-electron chi connectivity index (χ3n) is 17.4. The molecule has 0 fully saturated rings. The number of fused-ring (bicyclic) bond motifs is 21. The number of benzene rings is 10. The van der Waals surface area contributed by atoms with E-state index in [2.05, 4.69) is 251 Å². The van der Waals surface area contributed by atoms with Crippen molar-refractivity contribution in [3.63, 3.8) is 0 Å². The summed E-state index contributed by atoms with van der Waals surface area (Å²) >= 11 is 0.